The lowest BCUT2D eigenvalue weighted by atomic mass is 10.0. The van der Waals surface area contributed by atoms with Gasteiger partial charge in [0.2, 0.25) is 0 Å². The molecule has 0 aromatic carbocycles. The predicted molar refractivity (Wildman–Crippen MR) is 88.8 cm³/mol. The highest BCUT2D eigenvalue weighted by molar-refractivity contribution is 9.09. The summed E-state index contributed by atoms with van der Waals surface area (Å²) in [7, 11) is 0. The first-order chi connectivity index (χ1) is 11.4. The first kappa shape index (κ1) is 17.4. The molecule has 0 aliphatic carbocycles. The molecule has 0 fully saturated rings. The molecule has 0 bridgehead atoms. The monoisotopic (exact) mass is 386 g/mol. The first-order valence-electron chi connectivity index (χ1n) is 6.71. The molecule has 0 saturated carbocycles. The molecule has 2 aromatic heterocycles. The minimum Gasteiger partial charge on any atom is -0.366 e. The van der Waals surface area contributed by atoms with Crippen LogP contribution < -0.4 is 5.73 Å². The number of aromatic nitrogens is 2. The smallest absolute Gasteiger partial charge is 0.250 e. The molecular formula is C16H11BrN4O3. The lowest BCUT2D eigenvalue weighted by Crippen LogP contribution is -2.16. The second-order valence-electron chi connectivity index (χ2n) is 4.77. The zero-order chi connectivity index (χ0) is 17.9. The molecule has 8 heteroatoms. The van der Waals surface area contributed by atoms with Crippen LogP contribution in [-0.2, 0) is 0 Å². The fourth-order valence-electron chi connectivity index (χ4n) is 1.99. The molecule has 24 heavy (non-hydrogen) atoms. The molecule has 0 saturated heterocycles. The topological polar surface area (TPSA) is 127 Å². The average Bonchev–Trinajstić information content (AvgIpc) is 2.59. The number of rotatable bonds is 5. The van der Waals surface area contributed by atoms with Crippen molar-refractivity contribution in [1.29, 1.82) is 5.26 Å². The highest BCUT2D eigenvalue weighted by Gasteiger charge is 2.20. The summed E-state index contributed by atoms with van der Waals surface area (Å²) in [6.07, 6.45) is 0. The van der Waals surface area contributed by atoms with E-state index in [2.05, 4.69) is 25.9 Å². The van der Waals surface area contributed by atoms with E-state index in [1.54, 1.807) is 0 Å². The van der Waals surface area contributed by atoms with E-state index in [0.29, 0.717) is 0 Å². The number of carbonyl (C=O) groups is 3. The van der Waals surface area contributed by atoms with Crippen molar-refractivity contribution in [2.45, 2.75) is 6.92 Å². The van der Waals surface area contributed by atoms with Crippen LogP contribution in [0, 0.1) is 11.3 Å². The third-order valence-corrected chi connectivity index (χ3v) is 3.68. The van der Waals surface area contributed by atoms with Gasteiger partial charge in [-0.1, -0.05) is 15.9 Å². The minimum atomic E-state index is -0.783. The standard InChI is InChI=1S/C16H11BrN4O3/c1-8(22)11-4-2-9(7-18)14(20-11)15-10(16(19)24)3-5-12(21-15)13(23)6-17/h2-5H,6H2,1H3,(H2,19,24). The molecule has 120 valence electrons. The SMILES string of the molecule is CC(=O)c1ccc(C#N)c(-c2nc(C(=O)CBr)ccc2C(N)=O)n1. The zero-order valence-electron chi connectivity index (χ0n) is 12.5. The number of halogens is 1. The van der Waals surface area contributed by atoms with E-state index in [0.717, 1.165) is 0 Å². The Labute approximate surface area is 145 Å². The van der Waals surface area contributed by atoms with Crippen LogP contribution in [0.5, 0.6) is 0 Å². The average molecular weight is 387 g/mol. The van der Waals surface area contributed by atoms with Crippen LogP contribution in [0.25, 0.3) is 11.4 Å². The minimum absolute atomic E-state index is 0.00539. The lowest BCUT2D eigenvalue weighted by Gasteiger charge is -2.10. The van der Waals surface area contributed by atoms with Gasteiger partial charge in [0.1, 0.15) is 28.8 Å². The van der Waals surface area contributed by atoms with Gasteiger partial charge in [-0.15, -0.1) is 0 Å². The van der Waals surface area contributed by atoms with E-state index < -0.39 is 5.91 Å². The number of pyridine rings is 2. The largest absolute Gasteiger partial charge is 0.366 e. The van der Waals surface area contributed by atoms with Gasteiger partial charge in [0.15, 0.2) is 11.6 Å². The van der Waals surface area contributed by atoms with E-state index in [9.17, 15) is 19.6 Å². The predicted octanol–water partition coefficient (Wildman–Crippen LogP) is 1.89. The number of primary amides is 1. The maximum Gasteiger partial charge on any atom is 0.250 e. The van der Waals surface area contributed by atoms with Crippen molar-refractivity contribution in [3.05, 3.63) is 46.8 Å². The van der Waals surface area contributed by atoms with Crippen molar-refractivity contribution in [3.63, 3.8) is 0 Å². The molecule has 0 radical (unpaired) electrons. The molecule has 0 aliphatic heterocycles. The molecule has 0 unspecified atom stereocenters. The molecular weight excluding hydrogens is 376 g/mol. The maximum atomic E-state index is 11.8. The summed E-state index contributed by atoms with van der Waals surface area (Å²) in [5.74, 6) is -1.41. The van der Waals surface area contributed by atoms with Crippen LogP contribution in [0.4, 0.5) is 0 Å². The van der Waals surface area contributed by atoms with E-state index in [1.807, 2.05) is 6.07 Å². The molecule has 2 aromatic rings. The summed E-state index contributed by atoms with van der Waals surface area (Å²) < 4.78 is 0. The van der Waals surface area contributed by atoms with Crippen LogP contribution in [0.1, 0.15) is 43.8 Å². The van der Waals surface area contributed by atoms with E-state index in [-0.39, 0.29) is 50.8 Å². The Bertz CT molecular complexity index is 903. The van der Waals surface area contributed by atoms with Crippen LogP contribution in [0.3, 0.4) is 0 Å². The summed E-state index contributed by atoms with van der Waals surface area (Å²) >= 11 is 3.04. The third-order valence-electron chi connectivity index (χ3n) is 3.17. The molecule has 2 rings (SSSR count). The Morgan fingerprint density at radius 1 is 1.12 bits per heavy atom. The van der Waals surface area contributed by atoms with Gasteiger partial charge in [-0.3, -0.25) is 14.4 Å². The van der Waals surface area contributed by atoms with Gasteiger partial charge in [-0.05, 0) is 24.3 Å². The molecule has 7 nitrogen and oxygen atoms in total. The summed E-state index contributed by atoms with van der Waals surface area (Å²) in [6, 6.07) is 7.46. The van der Waals surface area contributed by atoms with Crippen molar-refractivity contribution in [2.75, 3.05) is 5.33 Å². The van der Waals surface area contributed by atoms with Crippen LogP contribution in [0.2, 0.25) is 0 Å². The highest BCUT2D eigenvalue weighted by atomic mass is 79.9. The van der Waals surface area contributed by atoms with Crippen molar-refractivity contribution in [3.8, 4) is 17.5 Å². The van der Waals surface area contributed by atoms with Gasteiger partial charge in [0.25, 0.3) is 5.91 Å². The van der Waals surface area contributed by atoms with Crippen molar-refractivity contribution in [2.24, 2.45) is 5.73 Å². The third kappa shape index (κ3) is 3.36. The van der Waals surface area contributed by atoms with Gasteiger partial charge >= 0.3 is 0 Å². The Hall–Kier alpha value is -2.92. The number of amides is 1. The quantitative estimate of drug-likeness (QED) is 0.617. The fourth-order valence-corrected chi connectivity index (χ4v) is 2.28. The van der Waals surface area contributed by atoms with Gasteiger partial charge in [0.05, 0.1) is 16.5 Å². The number of hydrogen-bond acceptors (Lipinski definition) is 6. The van der Waals surface area contributed by atoms with Crippen LogP contribution in [-0.4, -0.2) is 32.8 Å². The van der Waals surface area contributed by atoms with Gasteiger partial charge in [0, 0.05) is 6.92 Å². The Balaban J connectivity index is 2.81. The van der Waals surface area contributed by atoms with E-state index in [1.165, 1.54) is 31.2 Å². The molecule has 2 heterocycles. The number of alkyl halides is 1. The summed E-state index contributed by atoms with van der Waals surface area (Å²) in [5, 5.41) is 9.31. The molecule has 2 N–H and O–H groups in total. The second-order valence-corrected chi connectivity index (χ2v) is 5.34. The Kier molecular flexibility index (Phi) is 5.16. The summed E-state index contributed by atoms with van der Waals surface area (Å²) in [5.41, 5.74) is 5.69. The number of hydrogen-bond donors (Lipinski definition) is 1. The number of nitriles is 1. The summed E-state index contributed by atoms with van der Waals surface area (Å²) in [4.78, 5) is 43.3. The number of nitrogens with zero attached hydrogens (tertiary/aromatic N) is 3. The van der Waals surface area contributed by atoms with Crippen LogP contribution >= 0.6 is 15.9 Å². The number of ketones is 2. The number of carbonyl (C=O) groups excluding carboxylic acids is 3. The molecule has 1 amide bonds. The summed E-state index contributed by atoms with van der Waals surface area (Å²) in [6.45, 7) is 1.32. The molecule has 0 spiro atoms. The van der Waals surface area contributed by atoms with Crippen LogP contribution in [0.15, 0.2) is 24.3 Å². The zero-order valence-corrected chi connectivity index (χ0v) is 14.1. The first-order valence-corrected chi connectivity index (χ1v) is 7.83. The fraction of sp³-hybridized carbons (Fsp3) is 0.125. The van der Waals surface area contributed by atoms with Gasteiger partial charge in [-0.2, -0.15) is 5.26 Å². The molecule has 0 atom stereocenters. The van der Waals surface area contributed by atoms with E-state index >= 15 is 0 Å². The van der Waals surface area contributed by atoms with Gasteiger partial charge in [-0.25, -0.2) is 9.97 Å². The van der Waals surface area contributed by atoms with Gasteiger partial charge < -0.3 is 5.73 Å². The van der Waals surface area contributed by atoms with Crippen molar-refractivity contribution >= 4 is 33.4 Å². The lowest BCUT2D eigenvalue weighted by molar-refractivity contribution is 0.0992. The number of Topliss-reactive ketones (excluding diaryl/α,β-unsaturated/α-hetero) is 2. The molecule has 0 aliphatic rings. The van der Waals surface area contributed by atoms with Crippen molar-refractivity contribution < 1.29 is 14.4 Å². The maximum absolute atomic E-state index is 11.8. The Morgan fingerprint density at radius 2 is 1.75 bits per heavy atom. The second kappa shape index (κ2) is 7.10. The van der Waals surface area contributed by atoms with E-state index in [4.69, 9.17) is 5.73 Å². The Morgan fingerprint density at radius 3 is 2.29 bits per heavy atom. The highest BCUT2D eigenvalue weighted by Crippen LogP contribution is 2.24. The van der Waals surface area contributed by atoms with Crippen molar-refractivity contribution in [1.82, 2.24) is 9.97 Å². The number of nitrogens with two attached hydrogens (primary N) is 1. The normalized spacial score (nSPS) is 10.0.